The fourth-order valence-electron chi connectivity index (χ4n) is 1.97. The van der Waals surface area contributed by atoms with E-state index in [0.717, 1.165) is 0 Å². The van der Waals surface area contributed by atoms with Crippen LogP contribution >= 0.6 is 0 Å². The van der Waals surface area contributed by atoms with Crippen LogP contribution in [-0.2, 0) is 9.53 Å². The lowest BCUT2D eigenvalue weighted by Crippen LogP contribution is -2.36. The third kappa shape index (κ3) is 5.50. The normalized spacial score (nSPS) is 11.0. The third-order valence-corrected chi connectivity index (χ3v) is 3.27. The highest BCUT2D eigenvalue weighted by atomic mass is 16.5. The van der Waals surface area contributed by atoms with Crippen molar-refractivity contribution >= 4 is 17.9 Å². The fourth-order valence-corrected chi connectivity index (χ4v) is 1.97. The molecule has 2 N–H and O–H groups in total. The number of ether oxygens (including phenoxy) is 2. The molecule has 1 aromatic heterocycles. The molecule has 0 aliphatic carbocycles. The summed E-state index contributed by atoms with van der Waals surface area (Å²) < 4.78 is 15.2. The van der Waals surface area contributed by atoms with Crippen molar-refractivity contribution in [3.8, 4) is 5.75 Å². The van der Waals surface area contributed by atoms with Crippen molar-refractivity contribution in [3.05, 3.63) is 59.7 Å². The van der Waals surface area contributed by atoms with E-state index < -0.39 is 11.8 Å². The lowest BCUT2D eigenvalue weighted by molar-refractivity contribution is -0.117. The summed E-state index contributed by atoms with van der Waals surface area (Å²) in [4.78, 5) is 24.7. The third-order valence-electron chi connectivity index (χ3n) is 3.27. The maximum atomic E-state index is 12.4. The van der Waals surface area contributed by atoms with Crippen molar-refractivity contribution in [2.45, 2.75) is 0 Å². The van der Waals surface area contributed by atoms with Gasteiger partial charge in [0.25, 0.3) is 11.8 Å². The molecule has 1 heterocycles. The summed E-state index contributed by atoms with van der Waals surface area (Å²) in [6.07, 6.45) is 2.95. The van der Waals surface area contributed by atoms with E-state index in [0.29, 0.717) is 30.2 Å². The van der Waals surface area contributed by atoms with Gasteiger partial charge in [0.05, 0.1) is 20.0 Å². The molecular formula is C18H20N2O5. The molecule has 0 unspecified atom stereocenters. The Balaban J connectivity index is 2.14. The van der Waals surface area contributed by atoms with Crippen LogP contribution in [0.15, 0.2) is 52.8 Å². The number of carbonyl (C=O) groups is 2. The second-order valence-corrected chi connectivity index (χ2v) is 5.00. The first kappa shape index (κ1) is 18.3. The average Bonchev–Trinajstić information content (AvgIpc) is 3.14. The molecule has 0 bridgehead atoms. The van der Waals surface area contributed by atoms with Crippen LogP contribution in [0.4, 0.5) is 0 Å². The largest absolute Gasteiger partial charge is 0.497 e. The molecule has 2 rings (SSSR count). The summed E-state index contributed by atoms with van der Waals surface area (Å²) in [7, 11) is 3.08. The van der Waals surface area contributed by atoms with Crippen molar-refractivity contribution in [1.29, 1.82) is 0 Å². The van der Waals surface area contributed by atoms with Gasteiger partial charge in [-0.3, -0.25) is 9.59 Å². The number of hydrogen-bond acceptors (Lipinski definition) is 5. The maximum absolute atomic E-state index is 12.4. The van der Waals surface area contributed by atoms with Crippen LogP contribution in [0.1, 0.15) is 16.1 Å². The molecule has 132 valence electrons. The highest BCUT2D eigenvalue weighted by Crippen LogP contribution is 2.12. The molecule has 7 heteroatoms. The lowest BCUT2D eigenvalue weighted by Gasteiger charge is -2.11. The molecule has 0 radical (unpaired) electrons. The van der Waals surface area contributed by atoms with Crippen molar-refractivity contribution in [1.82, 2.24) is 10.6 Å². The molecule has 0 atom stereocenters. The number of hydrogen-bond donors (Lipinski definition) is 2. The molecular weight excluding hydrogens is 324 g/mol. The van der Waals surface area contributed by atoms with Crippen LogP contribution in [-0.4, -0.2) is 39.2 Å². The Morgan fingerprint density at radius 3 is 2.52 bits per heavy atom. The van der Waals surface area contributed by atoms with Gasteiger partial charge in [-0.1, -0.05) is 0 Å². The Morgan fingerprint density at radius 1 is 1.16 bits per heavy atom. The summed E-state index contributed by atoms with van der Waals surface area (Å²) in [5.74, 6) is 0.241. The number of amides is 2. The highest BCUT2D eigenvalue weighted by molar-refractivity contribution is 6.05. The topological polar surface area (TPSA) is 89.8 Å². The summed E-state index contributed by atoms with van der Waals surface area (Å²) in [6, 6.07) is 9.94. The summed E-state index contributed by atoms with van der Waals surface area (Å²) in [5, 5.41) is 5.27. The Bertz CT molecular complexity index is 720. The van der Waals surface area contributed by atoms with Gasteiger partial charge in [-0.15, -0.1) is 0 Å². The van der Waals surface area contributed by atoms with E-state index in [9.17, 15) is 9.59 Å². The Kier molecular flexibility index (Phi) is 6.79. The second kappa shape index (κ2) is 9.29. The van der Waals surface area contributed by atoms with Crippen LogP contribution in [0.3, 0.4) is 0 Å². The van der Waals surface area contributed by atoms with Gasteiger partial charge < -0.3 is 24.5 Å². The van der Waals surface area contributed by atoms with Gasteiger partial charge in [-0.05, 0) is 36.4 Å². The first-order chi connectivity index (χ1) is 12.1. The second-order valence-electron chi connectivity index (χ2n) is 5.00. The molecule has 25 heavy (non-hydrogen) atoms. The van der Waals surface area contributed by atoms with Crippen LogP contribution in [0, 0.1) is 0 Å². The van der Waals surface area contributed by atoms with Crippen LogP contribution < -0.4 is 15.4 Å². The first-order valence-electron chi connectivity index (χ1n) is 7.61. The molecule has 0 saturated carbocycles. The van der Waals surface area contributed by atoms with E-state index in [1.54, 1.807) is 43.5 Å². The van der Waals surface area contributed by atoms with Crippen molar-refractivity contribution < 1.29 is 23.5 Å². The maximum Gasteiger partial charge on any atom is 0.268 e. The Morgan fingerprint density at radius 2 is 1.92 bits per heavy atom. The van der Waals surface area contributed by atoms with Gasteiger partial charge in [0.1, 0.15) is 17.2 Å². The van der Waals surface area contributed by atoms with Crippen LogP contribution in [0.25, 0.3) is 6.08 Å². The quantitative estimate of drug-likeness (QED) is 0.563. The van der Waals surface area contributed by atoms with E-state index in [2.05, 4.69) is 10.6 Å². The molecule has 2 amide bonds. The predicted molar refractivity (Wildman–Crippen MR) is 92.0 cm³/mol. The van der Waals surface area contributed by atoms with Gasteiger partial charge in [0.2, 0.25) is 0 Å². The summed E-state index contributed by atoms with van der Waals surface area (Å²) in [6.45, 7) is 0.690. The number of nitrogens with one attached hydrogen (secondary N) is 2. The standard InChI is InChI=1S/C18H20N2O5/c1-23-11-9-19-18(22)16(12-15-4-3-10-25-15)20-17(21)13-5-7-14(24-2)8-6-13/h3-8,10,12H,9,11H2,1-2H3,(H,19,22)(H,20,21)/b16-12+. The zero-order valence-electron chi connectivity index (χ0n) is 14.1. The molecule has 0 aliphatic rings. The van der Waals surface area contributed by atoms with Gasteiger partial charge in [-0.25, -0.2) is 0 Å². The summed E-state index contributed by atoms with van der Waals surface area (Å²) >= 11 is 0. The fraction of sp³-hybridized carbons (Fsp3) is 0.222. The molecule has 0 fully saturated rings. The molecule has 0 spiro atoms. The van der Waals surface area contributed by atoms with E-state index in [-0.39, 0.29) is 5.70 Å². The average molecular weight is 344 g/mol. The highest BCUT2D eigenvalue weighted by Gasteiger charge is 2.15. The number of rotatable bonds is 8. The smallest absolute Gasteiger partial charge is 0.268 e. The molecule has 2 aromatic rings. The van der Waals surface area contributed by atoms with Gasteiger partial charge in [-0.2, -0.15) is 0 Å². The minimum atomic E-state index is -0.435. The molecule has 0 saturated heterocycles. The number of methoxy groups -OCH3 is 2. The van der Waals surface area contributed by atoms with Gasteiger partial charge in [0, 0.05) is 25.3 Å². The zero-order valence-corrected chi connectivity index (χ0v) is 14.1. The first-order valence-corrected chi connectivity index (χ1v) is 7.61. The zero-order chi connectivity index (χ0) is 18.1. The van der Waals surface area contributed by atoms with Gasteiger partial charge in [0.15, 0.2) is 0 Å². The van der Waals surface area contributed by atoms with E-state index in [1.807, 2.05) is 0 Å². The minimum absolute atomic E-state index is 0.0758. The van der Waals surface area contributed by atoms with E-state index in [4.69, 9.17) is 13.9 Å². The van der Waals surface area contributed by atoms with Crippen molar-refractivity contribution in [2.75, 3.05) is 27.4 Å². The molecule has 0 aliphatic heterocycles. The number of carbonyl (C=O) groups excluding carboxylic acids is 2. The van der Waals surface area contributed by atoms with Gasteiger partial charge >= 0.3 is 0 Å². The molecule has 1 aromatic carbocycles. The van der Waals surface area contributed by atoms with Crippen LogP contribution in [0.2, 0.25) is 0 Å². The SMILES string of the molecule is COCCNC(=O)/C(=C\c1ccco1)NC(=O)c1ccc(OC)cc1. The number of benzene rings is 1. The van der Waals surface area contributed by atoms with E-state index >= 15 is 0 Å². The van der Waals surface area contributed by atoms with Crippen molar-refractivity contribution in [3.63, 3.8) is 0 Å². The monoisotopic (exact) mass is 344 g/mol. The Labute approximate surface area is 145 Å². The lowest BCUT2D eigenvalue weighted by atomic mass is 10.2. The Hall–Kier alpha value is -3.06. The van der Waals surface area contributed by atoms with Crippen molar-refractivity contribution in [2.24, 2.45) is 0 Å². The van der Waals surface area contributed by atoms with Crippen LogP contribution in [0.5, 0.6) is 5.75 Å². The van der Waals surface area contributed by atoms with E-state index in [1.165, 1.54) is 19.4 Å². The predicted octanol–water partition coefficient (Wildman–Crippen LogP) is 1.82. The summed E-state index contributed by atoms with van der Waals surface area (Å²) in [5.41, 5.74) is 0.475. The number of furan rings is 1. The molecule has 7 nitrogen and oxygen atoms in total. The minimum Gasteiger partial charge on any atom is -0.497 e.